The Morgan fingerprint density at radius 3 is 2.85 bits per heavy atom. The highest BCUT2D eigenvalue weighted by Crippen LogP contribution is 2.29. The van der Waals surface area contributed by atoms with Crippen LogP contribution in [0.3, 0.4) is 0 Å². The van der Waals surface area contributed by atoms with Crippen LogP contribution < -0.4 is 15.0 Å². The molecule has 1 N–H and O–H groups in total. The Bertz CT molecular complexity index is 913. The number of nitrogens with one attached hydrogen (secondary N) is 1. The first-order chi connectivity index (χ1) is 12.6. The highest BCUT2D eigenvalue weighted by atomic mass is 32.1. The predicted octanol–water partition coefficient (Wildman–Crippen LogP) is 3.24. The summed E-state index contributed by atoms with van der Waals surface area (Å²) in [6, 6.07) is 12.6. The third kappa shape index (κ3) is 4.11. The minimum Gasteiger partial charge on any atom is -0.496 e. The Kier molecular flexibility index (Phi) is 5.68. The third-order valence-corrected chi connectivity index (χ3v) is 5.11. The Morgan fingerprint density at radius 2 is 2.08 bits per heavy atom. The summed E-state index contributed by atoms with van der Waals surface area (Å²) in [5.74, 6) is 0.358. The zero-order chi connectivity index (χ0) is 18.5. The number of halogens is 1. The highest BCUT2D eigenvalue weighted by Gasteiger charge is 2.14. The van der Waals surface area contributed by atoms with Gasteiger partial charge in [0.25, 0.3) is 0 Å². The molecule has 26 heavy (non-hydrogen) atoms. The first kappa shape index (κ1) is 18.1. The van der Waals surface area contributed by atoms with Gasteiger partial charge in [0.1, 0.15) is 17.1 Å². The van der Waals surface area contributed by atoms with Gasteiger partial charge >= 0.3 is 0 Å². The minimum absolute atomic E-state index is 0.109. The Balaban J connectivity index is 1.54. The molecule has 7 heteroatoms. The molecular formula is C19H20FN3O2S. The fourth-order valence-corrected chi connectivity index (χ4v) is 3.59. The van der Waals surface area contributed by atoms with Crippen molar-refractivity contribution in [2.75, 3.05) is 32.1 Å². The van der Waals surface area contributed by atoms with E-state index in [0.29, 0.717) is 23.6 Å². The summed E-state index contributed by atoms with van der Waals surface area (Å²) >= 11 is 1.37. The number of rotatable bonds is 7. The van der Waals surface area contributed by atoms with Crippen molar-refractivity contribution < 1.29 is 13.9 Å². The van der Waals surface area contributed by atoms with Crippen LogP contribution in [0.15, 0.2) is 42.5 Å². The minimum atomic E-state index is -0.348. The zero-order valence-corrected chi connectivity index (χ0v) is 15.5. The number of nitrogens with zero attached hydrogens (tertiary/aromatic N) is 2. The van der Waals surface area contributed by atoms with Crippen LogP contribution in [0, 0.1) is 5.82 Å². The average molecular weight is 373 g/mol. The lowest BCUT2D eigenvalue weighted by Crippen LogP contribution is -2.36. The van der Waals surface area contributed by atoms with Crippen LogP contribution in [-0.2, 0) is 11.2 Å². The molecule has 3 rings (SSSR count). The summed E-state index contributed by atoms with van der Waals surface area (Å²) in [4.78, 5) is 18.2. The first-order valence-electron chi connectivity index (χ1n) is 8.23. The molecule has 5 nitrogen and oxygen atoms in total. The number of likely N-dealkylation sites (N-methyl/N-ethyl adjacent to an activating group) is 1. The van der Waals surface area contributed by atoms with Gasteiger partial charge in [-0.1, -0.05) is 35.6 Å². The van der Waals surface area contributed by atoms with Crippen LogP contribution in [0.25, 0.3) is 10.2 Å². The van der Waals surface area contributed by atoms with Crippen molar-refractivity contribution in [2.24, 2.45) is 0 Å². The van der Waals surface area contributed by atoms with Gasteiger partial charge in [-0.2, -0.15) is 0 Å². The van der Waals surface area contributed by atoms with Crippen molar-refractivity contribution in [3.8, 4) is 5.75 Å². The van der Waals surface area contributed by atoms with Gasteiger partial charge in [0, 0.05) is 13.6 Å². The van der Waals surface area contributed by atoms with E-state index in [2.05, 4.69) is 10.3 Å². The van der Waals surface area contributed by atoms with Crippen LogP contribution in [0.5, 0.6) is 5.75 Å². The van der Waals surface area contributed by atoms with E-state index >= 15 is 0 Å². The lowest BCUT2D eigenvalue weighted by molar-refractivity contribution is -0.119. The summed E-state index contributed by atoms with van der Waals surface area (Å²) < 4.78 is 19.8. The summed E-state index contributed by atoms with van der Waals surface area (Å²) in [7, 11) is 3.41. The summed E-state index contributed by atoms with van der Waals surface area (Å²) in [5.41, 5.74) is 1.39. The quantitative estimate of drug-likeness (QED) is 0.691. The van der Waals surface area contributed by atoms with Gasteiger partial charge in [-0.15, -0.1) is 0 Å². The van der Waals surface area contributed by atoms with Gasteiger partial charge in [0.15, 0.2) is 5.13 Å². The number of aromatic nitrogens is 1. The number of amides is 1. The van der Waals surface area contributed by atoms with E-state index in [4.69, 9.17) is 4.74 Å². The highest BCUT2D eigenvalue weighted by molar-refractivity contribution is 7.22. The van der Waals surface area contributed by atoms with Crippen molar-refractivity contribution in [2.45, 2.75) is 6.42 Å². The van der Waals surface area contributed by atoms with E-state index in [1.54, 1.807) is 25.1 Å². The molecular weight excluding hydrogens is 353 g/mol. The Morgan fingerprint density at radius 1 is 1.27 bits per heavy atom. The van der Waals surface area contributed by atoms with Crippen molar-refractivity contribution in [3.05, 3.63) is 53.8 Å². The molecule has 0 bridgehead atoms. The fraction of sp³-hybridized carbons (Fsp3) is 0.263. The van der Waals surface area contributed by atoms with Crippen molar-refractivity contribution in [1.29, 1.82) is 0 Å². The summed E-state index contributed by atoms with van der Waals surface area (Å²) in [6.45, 7) is 0.675. The number of carbonyl (C=O) groups is 1. The second kappa shape index (κ2) is 8.14. The average Bonchev–Trinajstić information content (AvgIpc) is 3.08. The molecule has 3 aromatic rings. The van der Waals surface area contributed by atoms with E-state index < -0.39 is 0 Å². The maximum absolute atomic E-state index is 13.8. The zero-order valence-electron chi connectivity index (χ0n) is 14.7. The molecule has 0 spiro atoms. The summed E-state index contributed by atoms with van der Waals surface area (Å²) in [5, 5.41) is 3.51. The molecule has 0 aliphatic rings. The fourth-order valence-electron chi connectivity index (χ4n) is 2.65. The molecule has 0 saturated heterocycles. The van der Waals surface area contributed by atoms with E-state index in [1.807, 2.05) is 30.3 Å². The molecule has 1 heterocycles. The van der Waals surface area contributed by atoms with E-state index in [-0.39, 0.29) is 18.3 Å². The lowest BCUT2D eigenvalue weighted by Gasteiger charge is -2.15. The smallest absolute Gasteiger partial charge is 0.239 e. The predicted molar refractivity (Wildman–Crippen MR) is 103 cm³/mol. The topological polar surface area (TPSA) is 54.5 Å². The van der Waals surface area contributed by atoms with Crippen LogP contribution in [0.4, 0.5) is 9.52 Å². The first-order valence-corrected chi connectivity index (χ1v) is 9.05. The number of thiazole rings is 1. The van der Waals surface area contributed by atoms with Gasteiger partial charge in [-0.05, 0) is 30.2 Å². The monoisotopic (exact) mass is 373 g/mol. The largest absolute Gasteiger partial charge is 0.496 e. The number of hydrogen-bond donors (Lipinski definition) is 1. The molecule has 0 saturated carbocycles. The number of hydrogen-bond acceptors (Lipinski definition) is 5. The van der Waals surface area contributed by atoms with Crippen LogP contribution in [-0.4, -0.2) is 38.1 Å². The van der Waals surface area contributed by atoms with Gasteiger partial charge in [-0.3, -0.25) is 4.79 Å². The number of anilines is 1. The standard InChI is InChI=1S/C19H20FN3O2S/c1-23(19-22-18-14(20)7-5-9-16(18)26-19)12-17(24)21-11-10-13-6-3-4-8-15(13)25-2/h3-9H,10-12H2,1-2H3,(H,21,24). The molecule has 1 amide bonds. The van der Waals surface area contributed by atoms with Gasteiger partial charge in [0.05, 0.1) is 18.4 Å². The molecule has 1 aromatic heterocycles. The number of methoxy groups -OCH3 is 1. The third-order valence-electron chi connectivity index (χ3n) is 3.97. The Labute approximate surface area is 155 Å². The maximum Gasteiger partial charge on any atom is 0.239 e. The second-order valence-electron chi connectivity index (χ2n) is 5.85. The number of para-hydroxylation sites is 2. The summed E-state index contributed by atoms with van der Waals surface area (Å²) in [6.07, 6.45) is 0.686. The second-order valence-corrected chi connectivity index (χ2v) is 6.86. The Hall–Kier alpha value is -2.67. The molecule has 136 valence electrons. The van der Waals surface area contributed by atoms with E-state index in [0.717, 1.165) is 16.0 Å². The van der Waals surface area contributed by atoms with Crippen molar-refractivity contribution in [1.82, 2.24) is 10.3 Å². The molecule has 0 aliphatic heterocycles. The number of benzene rings is 2. The molecule has 0 radical (unpaired) electrons. The maximum atomic E-state index is 13.8. The molecule has 0 aliphatic carbocycles. The van der Waals surface area contributed by atoms with Gasteiger partial charge in [-0.25, -0.2) is 9.37 Å². The van der Waals surface area contributed by atoms with E-state index in [1.165, 1.54) is 17.4 Å². The molecule has 0 fully saturated rings. The normalized spacial score (nSPS) is 10.7. The van der Waals surface area contributed by atoms with Crippen molar-refractivity contribution in [3.63, 3.8) is 0 Å². The van der Waals surface area contributed by atoms with Crippen LogP contribution in [0.2, 0.25) is 0 Å². The molecule has 0 atom stereocenters. The molecule has 0 unspecified atom stereocenters. The van der Waals surface area contributed by atoms with E-state index in [9.17, 15) is 9.18 Å². The SMILES string of the molecule is COc1ccccc1CCNC(=O)CN(C)c1nc2c(F)cccc2s1. The number of carbonyl (C=O) groups excluding carboxylic acids is 1. The lowest BCUT2D eigenvalue weighted by atomic mass is 10.1. The van der Waals surface area contributed by atoms with Crippen LogP contribution >= 0.6 is 11.3 Å². The van der Waals surface area contributed by atoms with Crippen LogP contribution in [0.1, 0.15) is 5.56 Å². The van der Waals surface area contributed by atoms with Crippen molar-refractivity contribution >= 4 is 32.6 Å². The number of fused-ring (bicyclic) bond motifs is 1. The molecule has 2 aromatic carbocycles. The number of ether oxygens (including phenoxy) is 1. The van der Waals surface area contributed by atoms with Gasteiger partial charge < -0.3 is 15.0 Å². The van der Waals surface area contributed by atoms with Gasteiger partial charge in [0.2, 0.25) is 5.91 Å².